The Hall–Kier alpha value is -2.92. The van der Waals surface area contributed by atoms with E-state index in [0.29, 0.717) is 39.1 Å². The van der Waals surface area contributed by atoms with E-state index in [1.807, 2.05) is 31.2 Å². The number of benzene rings is 3. The van der Waals surface area contributed by atoms with Crippen LogP contribution >= 0.6 is 22.6 Å². The number of carbonyl (C=O) groups excluding carboxylic acids is 1. The molecule has 1 saturated carbocycles. The Kier molecular flexibility index (Phi) is 6.54. The summed E-state index contributed by atoms with van der Waals surface area (Å²) < 4.78 is 49.7. The average molecular weight is 618 g/mol. The second-order valence-electron chi connectivity index (χ2n) is 9.05. The molecule has 0 atom stereocenters. The van der Waals surface area contributed by atoms with Gasteiger partial charge in [-0.3, -0.25) is 9.52 Å². The van der Waals surface area contributed by atoms with E-state index < -0.39 is 15.8 Å². The zero-order chi connectivity index (χ0) is 25.6. The van der Waals surface area contributed by atoms with Crippen molar-refractivity contribution in [1.29, 1.82) is 0 Å². The first-order chi connectivity index (χ1) is 17.1. The van der Waals surface area contributed by atoms with Crippen LogP contribution in [0.3, 0.4) is 0 Å². The van der Waals surface area contributed by atoms with Gasteiger partial charge >= 0.3 is 0 Å². The summed E-state index contributed by atoms with van der Waals surface area (Å²) in [5.41, 5.74) is 4.28. The molecule has 1 fully saturated rings. The largest absolute Gasteiger partial charge is 0.455 e. The molecule has 1 heterocycles. The minimum Gasteiger partial charge on any atom is -0.455 e. The summed E-state index contributed by atoms with van der Waals surface area (Å²) in [7, 11) is -2.18. The molecule has 9 heteroatoms. The van der Waals surface area contributed by atoms with Crippen molar-refractivity contribution in [2.24, 2.45) is 0 Å². The summed E-state index contributed by atoms with van der Waals surface area (Å²) >= 11 is 2.22. The van der Waals surface area contributed by atoms with Crippen molar-refractivity contribution in [1.82, 2.24) is 5.32 Å². The van der Waals surface area contributed by atoms with Crippen LogP contribution in [-0.4, -0.2) is 21.4 Å². The van der Waals surface area contributed by atoms with Gasteiger partial charge in [-0.15, -0.1) is 0 Å². The first-order valence-electron chi connectivity index (χ1n) is 11.5. The van der Waals surface area contributed by atoms with Crippen molar-refractivity contribution in [3.05, 3.63) is 86.2 Å². The van der Waals surface area contributed by atoms with Gasteiger partial charge in [-0.25, -0.2) is 12.8 Å². The Morgan fingerprint density at radius 1 is 1.11 bits per heavy atom. The van der Waals surface area contributed by atoms with Gasteiger partial charge in [0.25, 0.3) is 5.91 Å². The molecule has 0 spiro atoms. The van der Waals surface area contributed by atoms with Crippen molar-refractivity contribution in [3.63, 3.8) is 0 Å². The highest BCUT2D eigenvalue weighted by molar-refractivity contribution is 14.1. The predicted octanol–water partition coefficient (Wildman–Crippen LogP) is 6.33. The number of anilines is 1. The van der Waals surface area contributed by atoms with Crippen LogP contribution in [0.4, 0.5) is 10.1 Å². The van der Waals surface area contributed by atoms with E-state index >= 15 is 0 Å². The summed E-state index contributed by atoms with van der Waals surface area (Å²) in [5, 5.41) is 3.24. The van der Waals surface area contributed by atoms with E-state index in [1.54, 1.807) is 18.2 Å². The third-order valence-corrected chi connectivity index (χ3v) is 8.74. The number of halogens is 2. The van der Waals surface area contributed by atoms with E-state index in [9.17, 15) is 17.6 Å². The van der Waals surface area contributed by atoms with Gasteiger partial charge in [-0.05, 0) is 101 Å². The number of furan rings is 1. The van der Waals surface area contributed by atoms with Gasteiger partial charge in [0, 0.05) is 27.6 Å². The molecular formula is C27H24FIN2O4S. The summed E-state index contributed by atoms with van der Waals surface area (Å²) in [6.07, 6.45) is 1.88. The number of aryl methyl sites for hydroxylation is 1. The number of nitrogens with one attached hydrogen (secondary N) is 2. The maximum atomic E-state index is 13.5. The molecule has 5 rings (SSSR count). The van der Waals surface area contributed by atoms with Gasteiger partial charge in [-0.2, -0.15) is 0 Å². The lowest BCUT2D eigenvalue weighted by Crippen LogP contribution is -2.18. The third kappa shape index (κ3) is 4.99. The van der Waals surface area contributed by atoms with Gasteiger partial charge in [0.1, 0.15) is 17.2 Å². The molecule has 3 aromatic carbocycles. The predicted molar refractivity (Wildman–Crippen MR) is 147 cm³/mol. The third-order valence-electron chi connectivity index (χ3n) is 6.28. The molecule has 0 aliphatic heterocycles. The molecule has 1 aromatic heterocycles. The first kappa shape index (κ1) is 24.8. The molecular weight excluding hydrogens is 594 g/mol. The lowest BCUT2D eigenvalue weighted by atomic mass is 10.0. The molecule has 1 aliphatic carbocycles. The van der Waals surface area contributed by atoms with Gasteiger partial charge in [0.15, 0.2) is 0 Å². The maximum absolute atomic E-state index is 13.5. The number of amides is 1. The maximum Gasteiger partial charge on any atom is 0.255 e. The van der Waals surface area contributed by atoms with Gasteiger partial charge in [-0.1, -0.05) is 12.1 Å². The Balaban J connectivity index is 1.59. The second kappa shape index (κ2) is 9.51. The first-order valence-corrected chi connectivity index (χ1v) is 14.2. The lowest BCUT2D eigenvalue weighted by Gasteiger charge is -2.13. The van der Waals surface area contributed by atoms with Crippen molar-refractivity contribution >= 4 is 55.2 Å². The number of fused-ring (bicyclic) bond motifs is 1. The SMILES string of the molecule is CNC(=O)c1c(-c2ccc(F)cc2)oc2cc(NS(=O)(=O)Cc3ccc(I)c(C)c3)c(C3CC3)cc12. The molecule has 6 nitrogen and oxygen atoms in total. The number of carbonyl (C=O) groups is 1. The average Bonchev–Trinajstić information content (AvgIpc) is 3.61. The number of sulfonamides is 1. The molecule has 0 radical (unpaired) electrons. The van der Waals surface area contributed by atoms with E-state index in [1.165, 1.54) is 19.2 Å². The van der Waals surface area contributed by atoms with Crippen molar-refractivity contribution in [2.45, 2.75) is 31.4 Å². The van der Waals surface area contributed by atoms with Crippen molar-refractivity contribution in [3.8, 4) is 11.3 Å². The summed E-state index contributed by atoms with van der Waals surface area (Å²) in [4.78, 5) is 12.9. The monoisotopic (exact) mass is 618 g/mol. The van der Waals surface area contributed by atoms with Crippen molar-refractivity contribution in [2.75, 3.05) is 11.8 Å². The van der Waals surface area contributed by atoms with Crippen molar-refractivity contribution < 1.29 is 22.0 Å². The highest BCUT2D eigenvalue weighted by atomic mass is 127. The quantitative estimate of drug-likeness (QED) is 0.237. The number of rotatable bonds is 7. The molecule has 186 valence electrons. The van der Waals surface area contributed by atoms with Gasteiger partial charge < -0.3 is 9.73 Å². The fourth-order valence-corrected chi connectivity index (χ4v) is 5.89. The molecule has 0 saturated heterocycles. The zero-order valence-electron chi connectivity index (χ0n) is 19.7. The van der Waals surface area contributed by atoms with Crippen LogP contribution in [-0.2, 0) is 15.8 Å². The van der Waals surface area contributed by atoms with Crippen LogP contribution in [0, 0.1) is 16.3 Å². The Bertz CT molecular complexity index is 1590. The highest BCUT2D eigenvalue weighted by Gasteiger charge is 2.31. The molecule has 1 aliphatic rings. The van der Waals surface area contributed by atoms with Crippen LogP contribution in [0.5, 0.6) is 0 Å². The number of hydrogen-bond acceptors (Lipinski definition) is 4. The molecule has 36 heavy (non-hydrogen) atoms. The smallest absolute Gasteiger partial charge is 0.255 e. The Morgan fingerprint density at radius 3 is 2.47 bits per heavy atom. The van der Waals surface area contributed by atoms with Crippen LogP contribution in [0.15, 0.2) is 59.0 Å². The minimum absolute atomic E-state index is 0.157. The lowest BCUT2D eigenvalue weighted by molar-refractivity contribution is 0.0964. The van der Waals surface area contributed by atoms with Gasteiger partial charge in [0.05, 0.1) is 17.0 Å². The summed E-state index contributed by atoms with van der Waals surface area (Å²) in [5.74, 6) is -0.380. The normalized spacial score (nSPS) is 13.7. The van der Waals surface area contributed by atoms with Crippen LogP contribution < -0.4 is 10.0 Å². The Labute approximate surface area is 222 Å². The fourth-order valence-electron chi connectivity index (χ4n) is 4.35. The zero-order valence-corrected chi connectivity index (χ0v) is 22.7. The highest BCUT2D eigenvalue weighted by Crippen LogP contribution is 2.47. The van der Waals surface area contributed by atoms with Gasteiger partial charge in [0.2, 0.25) is 10.0 Å². The molecule has 2 N–H and O–H groups in total. The molecule has 0 bridgehead atoms. The van der Waals surface area contributed by atoms with E-state index in [4.69, 9.17) is 4.42 Å². The molecule has 4 aromatic rings. The topological polar surface area (TPSA) is 88.4 Å². The summed E-state index contributed by atoms with van der Waals surface area (Å²) in [6.45, 7) is 1.95. The Morgan fingerprint density at radius 2 is 1.83 bits per heavy atom. The van der Waals surface area contributed by atoms with E-state index in [2.05, 4.69) is 32.6 Å². The fraction of sp³-hybridized carbons (Fsp3) is 0.222. The van der Waals surface area contributed by atoms with Crippen LogP contribution in [0.1, 0.15) is 45.8 Å². The molecule has 0 unspecified atom stereocenters. The summed E-state index contributed by atoms with van der Waals surface area (Å²) in [6, 6.07) is 14.8. The van der Waals surface area contributed by atoms with E-state index in [0.717, 1.165) is 27.5 Å². The van der Waals surface area contributed by atoms with Crippen LogP contribution in [0.2, 0.25) is 0 Å². The standard InChI is InChI=1S/C27H24FIN2O4S/c1-15-11-16(3-10-22(15)29)14-36(33,34)31-23-13-24-21(12-20(23)17-4-5-17)25(27(32)30-2)26(35-24)18-6-8-19(28)9-7-18/h3,6-13,17,31H,4-5,14H2,1-2H3,(H,30,32). The second-order valence-corrected chi connectivity index (χ2v) is 11.9. The minimum atomic E-state index is -3.71. The van der Waals surface area contributed by atoms with Crippen LogP contribution in [0.25, 0.3) is 22.3 Å². The number of hydrogen-bond donors (Lipinski definition) is 2. The van der Waals surface area contributed by atoms with E-state index in [-0.39, 0.29) is 17.6 Å². The molecule has 1 amide bonds.